The number of anilines is 1. The molecule has 0 spiro atoms. The van der Waals surface area contributed by atoms with Crippen LogP contribution in [-0.4, -0.2) is 25.7 Å². The van der Waals surface area contributed by atoms with Crippen LogP contribution in [0.1, 0.15) is 24.9 Å². The van der Waals surface area contributed by atoms with Crippen LogP contribution in [0.25, 0.3) is 0 Å². The molecule has 0 aromatic heterocycles. The van der Waals surface area contributed by atoms with Crippen molar-refractivity contribution >= 4 is 35.6 Å². The first kappa shape index (κ1) is 22.3. The molecule has 0 saturated carbocycles. The van der Waals surface area contributed by atoms with Gasteiger partial charge < -0.3 is 20.5 Å². The normalized spacial score (nSPS) is 11.3. The van der Waals surface area contributed by atoms with Gasteiger partial charge in [-0.1, -0.05) is 48.0 Å². The van der Waals surface area contributed by atoms with Gasteiger partial charge in [-0.15, -0.1) is 12.4 Å². The molecule has 0 fully saturated rings. The molecule has 0 radical (unpaired) electrons. The largest absolute Gasteiger partial charge is 0.487 e. The van der Waals surface area contributed by atoms with Crippen molar-refractivity contribution in [1.82, 2.24) is 0 Å². The highest BCUT2D eigenvalue weighted by atomic mass is 35.5. The fraction of sp³-hybridized carbons (Fsp3) is 0.316. The van der Waals surface area contributed by atoms with Gasteiger partial charge in [-0.3, -0.25) is 4.79 Å². The molecule has 0 heterocycles. The maximum absolute atomic E-state index is 12.3. The number of carbonyl (C=O) groups is 1. The molecular formula is C19H24Cl2N2O3. The van der Waals surface area contributed by atoms with E-state index in [0.717, 1.165) is 5.56 Å². The second-order valence-corrected chi connectivity index (χ2v) is 5.84. The lowest BCUT2D eigenvalue weighted by Gasteiger charge is -2.16. The zero-order chi connectivity index (χ0) is 18.1. The fourth-order valence-electron chi connectivity index (χ4n) is 2.32. The van der Waals surface area contributed by atoms with E-state index in [0.29, 0.717) is 36.3 Å². The number of carbonyl (C=O) groups excluding carboxylic acids is 1. The summed E-state index contributed by atoms with van der Waals surface area (Å²) in [5.74, 6) is 0.235. The van der Waals surface area contributed by atoms with Gasteiger partial charge >= 0.3 is 0 Å². The average Bonchev–Trinajstić information content (AvgIpc) is 2.61. The highest BCUT2D eigenvalue weighted by molar-refractivity contribution is 6.32. The van der Waals surface area contributed by atoms with E-state index in [-0.39, 0.29) is 30.8 Å². The third-order valence-corrected chi connectivity index (χ3v) is 3.85. The summed E-state index contributed by atoms with van der Waals surface area (Å²) in [5.41, 5.74) is 7.53. The molecule has 1 atom stereocenters. The maximum Gasteiger partial charge on any atom is 0.226 e. The van der Waals surface area contributed by atoms with Crippen molar-refractivity contribution in [2.75, 3.05) is 25.1 Å². The van der Waals surface area contributed by atoms with Crippen LogP contribution in [0.5, 0.6) is 5.75 Å². The molecule has 0 aliphatic carbocycles. The van der Waals surface area contributed by atoms with Crippen molar-refractivity contribution in [1.29, 1.82) is 0 Å². The maximum atomic E-state index is 12.3. The van der Waals surface area contributed by atoms with Crippen molar-refractivity contribution < 1.29 is 14.3 Å². The minimum absolute atomic E-state index is 0. The van der Waals surface area contributed by atoms with E-state index in [1.807, 2.05) is 37.3 Å². The van der Waals surface area contributed by atoms with Crippen molar-refractivity contribution in [3.8, 4) is 5.75 Å². The number of hydrogen-bond acceptors (Lipinski definition) is 4. The fourth-order valence-corrected chi connectivity index (χ4v) is 2.55. The Balaban J connectivity index is 0.00000338. The minimum Gasteiger partial charge on any atom is -0.487 e. The van der Waals surface area contributed by atoms with Gasteiger partial charge in [0.2, 0.25) is 5.91 Å². The molecule has 0 bridgehead atoms. The number of hydrogen-bond donors (Lipinski definition) is 2. The van der Waals surface area contributed by atoms with Gasteiger partial charge in [-0.2, -0.15) is 0 Å². The number of rotatable bonds is 9. The number of benzene rings is 2. The lowest BCUT2D eigenvalue weighted by Crippen LogP contribution is -2.21. The molecule has 0 aliphatic rings. The molecule has 7 heteroatoms. The molecule has 0 saturated heterocycles. The van der Waals surface area contributed by atoms with Gasteiger partial charge in [0.05, 0.1) is 17.3 Å². The SMILES string of the molecule is CCOCCOc1c(Cl)cccc1NC(=O)CC(N)c1ccccc1.Cl. The molecule has 2 aromatic carbocycles. The van der Waals surface area contributed by atoms with E-state index in [9.17, 15) is 4.79 Å². The highest BCUT2D eigenvalue weighted by Crippen LogP contribution is 2.33. The van der Waals surface area contributed by atoms with E-state index in [1.165, 1.54) is 0 Å². The van der Waals surface area contributed by atoms with Crippen molar-refractivity contribution in [3.05, 3.63) is 59.1 Å². The first-order valence-corrected chi connectivity index (χ1v) is 8.59. The van der Waals surface area contributed by atoms with Gasteiger partial charge in [-0.25, -0.2) is 0 Å². The number of nitrogens with one attached hydrogen (secondary N) is 1. The molecule has 2 rings (SSSR count). The second kappa shape index (κ2) is 11.8. The van der Waals surface area contributed by atoms with Crippen LogP contribution >= 0.6 is 24.0 Å². The van der Waals surface area contributed by atoms with Crippen molar-refractivity contribution in [2.45, 2.75) is 19.4 Å². The average molecular weight is 399 g/mol. The molecule has 0 aliphatic heterocycles. The molecule has 5 nitrogen and oxygen atoms in total. The predicted octanol–water partition coefficient (Wildman–Crippen LogP) is 4.21. The summed E-state index contributed by atoms with van der Waals surface area (Å²) >= 11 is 6.19. The molecule has 26 heavy (non-hydrogen) atoms. The standard InChI is InChI=1S/C19H23ClN2O3.ClH/c1-2-24-11-12-25-19-15(20)9-6-10-17(19)22-18(23)13-16(21)14-7-4-3-5-8-14;/h3-10,16H,2,11-13,21H2,1H3,(H,22,23);1H. The Hall–Kier alpha value is -1.79. The first-order chi connectivity index (χ1) is 12.1. The topological polar surface area (TPSA) is 73.6 Å². The first-order valence-electron chi connectivity index (χ1n) is 8.21. The molecule has 142 valence electrons. The van der Waals surface area contributed by atoms with Crippen LogP contribution in [0.3, 0.4) is 0 Å². The number of para-hydroxylation sites is 1. The summed E-state index contributed by atoms with van der Waals surface area (Å²) in [7, 11) is 0. The van der Waals surface area contributed by atoms with Gasteiger partial charge in [-0.05, 0) is 24.6 Å². The van der Waals surface area contributed by atoms with E-state index in [1.54, 1.807) is 18.2 Å². The third kappa shape index (κ3) is 6.84. The van der Waals surface area contributed by atoms with Crippen LogP contribution in [0.15, 0.2) is 48.5 Å². The lowest BCUT2D eigenvalue weighted by atomic mass is 10.0. The Morgan fingerprint density at radius 3 is 2.58 bits per heavy atom. The summed E-state index contributed by atoms with van der Waals surface area (Å²) in [4.78, 5) is 12.3. The van der Waals surface area contributed by atoms with Crippen LogP contribution in [-0.2, 0) is 9.53 Å². The highest BCUT2D eigenvalue weighted by Gasteiger charge is 2.15. The number of halogens is 2. The smallest absolute Gasteiger partial charge is 0.226 e. The Labute approximate surface area is 165 Å². The minimum atomic E-state index is -0.372. The van der Waals surface area contributed by atoms with Crippen LogP contribution < -0.4 is 15.8 Å². The van der Waals surface area contributed by atoms with Crippen molar-refractivity contribution in [3.63, 3.8) is 0 Å². The van der Waals surface area contributed by atoms with Gasteiger partial charge in [0.15, 0.2) is 5.75 Å². The van der Waals surface area contributed by atoms with Crippen LogP contribution in [0.4, 0.5) is 5.69 Å². The Kier molecular flexibility index (Phi) is 10.1. The third-order valence-electron chi connectivity index (χ3n) is 3.55. The van der Waals surface area contributed by atoms with Gasteiger partial charge in [0.25, 0.3) is 0 Å². The summed E-state index contributed by atoms with van der Waals surface area (Å²) in [6, 6.07) is 14.3. The summed E-state index contributed by atoms with van der Waals surface area (Å²) in [5, 5.41) is 3.26. The van der Waals surface area contributed by atoms with Crippen molar-refractivity contribution in [2.24, 2.45) is 5.73 Å². The van der Waals surface area contributed by atoms with E-state index < -0.39 is 0 Å². The summed E-state index contributed by atoms with van der Waals surface area (Å²) in [6.07, 6.45) is 0.162. The van der Waals surface area contributed by atoms with Gasteiger partial charge in [0, 0.05) is 19.1 Å². The molecule has 2 aromatic rings. The predicted molar refractivity (Wildman–Crippen MR) is 107 cm³/mol. The second-order valence-electron chi connectivity index (χ2n) is 5.43. The Morgan fingerprint density at radius 1 is 1.15 bits per heavy atom. The molecule has 3 N–H and O–H groups in total. The zero-order valence-electron chi connectivity index (χ0n) is 14.6. The molecule has 1 unspecified atom stereocenters. The Bertz CT molecular complexity index is 684. The van der Waals surface area contributed by atoms with E-state index >= 15 is 0 Å². The quantitative estimate of drug-likeness (QED) is 0.620. The monoisotopic (exact) mass is 398 g/mol. The number of ether oxygens (including phenoxy) is 2. The van der Waals surface area contributed by atoms with E-state index in [4.69, 9.17) is 26.8 Å². The van der Waals surface area contributed by atoms with Crippen LogP contribution in [0.2, 0.25) is 5.02 Å². The molecular weight excluding hydrogens is 375 g/mol. The molecule has 1 amide bonds. The Morgan fingerprint density at radius 2 is 1.88 bits per heavy atom. The van der Waals surface area contributed by atoms with E-state index in [2.05, 4.69) is 5.32 Å². The summed E-state index contributed by atoms with van der Waals surface area (Å²) in [6.45, 7) is 3.34. The number of amides is 1. The van der Waals surface area contributed by atoms with Gasteiger partial charge in [0.1, 0.15) is 6.61 Å². The van der Waals surface area contributed by atoms with Crippen LogP contribution in [0, 0.1) is 0 Å². The number of nitrogens with two attached hydrogens (primary N) is 1. The zero-order valence-corrected chi connectivity index (χ0v) is 16.2. The lowest BCUT2D eigenvalue weighted by molar-refractivity contribution is -0.116. The summed E-state index contributed by atoms with van der Waals surface area (Å²) < 4.78 is 10.9.